The molecule has 0 bridgehead atoms. The Hall–Kier alpha value is -2.16. The predicted molar refractivity (Wildman–Crippen MR) is 66.0 cm³/mol. The van der Waals surface area contributed by atoms with Gasteiger partial charge in [-0.1, -0.05) is 19.1 Å². The Kier molecular flexibility index (Phi) is 3.19. The average molecular weight is 227 g/mol. The van der Waals surface area contributed by atoms with E-state index in [2.05, 4.69) is 4.98 Å². The molecule has 0 spiro atoms. The summed E-state index contributed by atoms with van der Waals surface area (Å²) in [7, 11) is 0. The second-order valence-electron chi connectivity index (χ2n) is 3.76. The third-order valence-electron chi connectivity index (χ3n) is 2.55. The lowest BCUT2D eigenvalue weighted by Gasteiger charge is -2.02. The van der Waals surface area contributed by atoms with Crippen LogP contribution in [0.1, 0.15) is 23.7 Å². The number of carbonyl (C=O) groups is 1. The standard InChI is InChI=1S/C14H13NO2/c1-2-14(17)11-6-7-13(15-9-11)10-4-3-5-12(16)8-10/h3-9,16H,2H2,1H3. The molecule has 0 aliphatic heterocycles. The molecular formula is C14H13NO2. The number of pyridine rings is 1. The van der Waals surface area contributed by atoms with Crippen molar-refractivity contribution in [3.8, 4) is 17.0 Å². The number of nitrogens with zero attached hydrogens (tertiary/aromatic N) is 1. The summed E-state index contributed by atoms with van der Waals surface area (Å²) in [6, 6.07) is 10.4. The van der Waals surface area contributed by atoms with Gasteiger partial charge in [-0.2, -0.15) is 0 Å². The summed E-state index contributed by atoms with van der Waals surface area (Å²) in [5.74, 6) is 0.290. The molecule has 0 saturated carbocycles. The lowest BCUT2D eigenvalue weighted by Crippen LogP contribution is -1.97. The van der Waals surface area contributed by atoms with Gasteiger partial charge in [-0.3, -0.25) is 9.78 Å². The molecular weight excluding hydrogens is 214 g/mol. The van der Waals surface area contributed by atoms with E-state index < -0.39 is 0 Å². The molecule has 0 aliphatic rings. The molecule has 0 atom stereocenters. The molecule has 3 nitrogen and oxygen atoms in total. The zero-order chi connectivity index (χ0) is 12.3. The molecule has 1 heterocycles. The molecule has 86 valence electrons. The van der Waals surface area contributed by atoms with E-state index >= 15 is 0 Å². The van der Waals surface area contributed by atoms with Gasteiger partial charge in [0.2, 0.25) is 0 Å². The highest BCUT2D eigenvalue weighted by Crippen LogP contribution is 2.21. The van der Waals surface area contributed by atoms with Crippen LogP contribution in [-0.2, 0) is 0 Å². The van der Waals surface area contributed by atoms with Gasteiger partial charge >= 0.3 is 0 Å². The summed E-state index contributed by atoms with van der Waals surface area (Å²) in [5.41, 5.74) is 2.20. The van der Waals surface area contributed by atoms with Crippen molar-refractivity contribution < 1.29 is 9.90 Å². The summed E-state index contributed by atoms with van der Waals surface area (Å²) < 4.78 is 0. The lowest BCUT2D eigenvalue weighted by atomic mass is 10.1. The number of carbonyl (C=O) groups excluding carboxylic acids is 1. The van der Waals surface area contributed by atoms with E-state index in [-0.39, 0.29) is 11.5 Å². The molecule has 3 heteroatoms. The number of rotatable bonds is 3. The lowest BCUT2D eigenvalue weighted by molar-refractivity contribution is 0.0988. The van der Waals surface area contributed by atoms with Crippen molar-refractivity contribution in [3.05, 3.63) is 48.2 Å². The average Bonchev–Trinajstić information content (AvgIpc) is 2.38. The van der Waals surface area contributed by atoms with Crippen LogP contribution in [0.5, 0.6) is 5.75 Å². The number of phenols is 1. The van der Waals surface area contributed by atoms with Crippen LogP contribution in [0, 0.1) is 0 Å². The van der Waals surface area contributed by atoms with E-state index in [1.54, 1.807) is 36.5 Å². The minimum atomic E-state index is 0.0833. The maximum Gasteiger partial charge on any atom is 0.164 e. The van der Waals surface area contributed by atoms with Crippen molar-refractivity contribution in [2.75, 3.05) is 0 Å². The number of aromatic hydroxyl groups is 1. The number of hydrogen-bond donors (Lipinski definition) is 1. The van der Waals surface area contributed by atoms with E-state index in [0.29, 0.717) is 12.0 Å². The van der Waals surface area contributed by atoms with Gasteiger partial charge in [0.25, 0.3) is 0 Å². The molecule has 0 amide bonds. The molecule has 1 N–H and O–H groups in total. The largest absolute Gasteiger partial charge is 0.508 e. The van der Waals surface area contributed by atoms with Crippen LogP contribution in [-0.4, -0.2) is 15.9 Å². The Morgan fingerprint density at radius 2 is 2.12 bits per heavy atom. The van der Waals surface area contributed by atoms with Crippen molar-refractivity contribution in [2.24, 2.45) is 0 Å². The summed E-state index contributed by atoms with van der Waals surface area (Å²) in [4.78, 5) is 15.7. The van der Waals surface area contributed by atoms with Crippen LogP contribution < -0.4 is 0 Å². The SMILES string of the molecule is CCC(=O)c1ccc(-c2cccc(O)c2)nc1. The van der Waals surface area contributed by atoms with Crippen LogP contribution >= 0.6 is 0 Å². The maximum atomic E-state index is 11.4. The van der Waals surface area contributed by atoms with Gasteiger partial charge < -0.3 is 5.11 Å². The Bertz CT molecular complexity index is 532. The molecule has 0 fully saturated rings. The zero-order valence-corrected chi connectivity index (χ0v) is 9.55. The van der Waals surface area contributed by atoms with Gasteiger partial charge in [0.15, 0.2) is 5.78 Å². The van der Waals surface area contributed by atoms with Crippen molar-refractivity contribution >= 4 is 5.78 Å². The first-order chi connectivity index (χ1) is 8.20. The molecule has 1 aromatic heterocycles. The Morgan fingerprint density at radius 3 is 2.71 bits per heavy atom. The van der Waals surface area contributed by atoms with E-state index in [4.69, 9.17) is 0 Å². The van der Waals surface area contributed by atoms with Gasteiger partial charge in [0.1, 0.15) is 5.75 Å². The number of Topliss-reactive ketones (excluding diaryl/α,β-unsaturated/α-hetero) is 1. The van der Waals surface area contributed by atoms with Gasteiger partial charge in [0.05, 0.1) is 5.69 Å². The first kappa shape index (κ1) is 11.3. The second-order valence-corrected chi connectivity index (χ2v) is 3.76. The molecule has 2 aromatic rings. The van der Waals surface area contributed by atoms with Crippen molar-refractivity contribution in [2.45, 2.75) is 13.3 Å². The fraction of sp³-hybridized carbons (Fsp3) is 0.143. The molecule has 2 rings (SSSR count). The smallest absolute Gasteiger partial charge is 0.164 e. The Morgan fingerprint density at radius 1 is 1.29 bits per heavy atom. The molecule has 17 heavy (non-hydrogen) atoms. The summed E-state index contributed by atoms with van der Waals surface area (Å²) in [6.45, 7) is 1.82. The summed E-state index contributed by atoms with van der Waals surface area (Å²) in [5, 5.41) is 9.37. The highest BCUT2D eigenvalue weighted by atomic mass is 16.3. The summed E-state index contributed by atoms with van der Waals surface area (Å²) in [6.07, 6.45) is 2.05. The summed E-state index contributed by atoms with van der Waals surface area (Å²) >= 11 is 0. The first-order valence-corrected chi connectivity index (χ1v) is 5.49. The van der Waals surface area contributed by atoms with Gasteiger partial charge in [0, 0.05) is 23.7 Å². The quantitative estimate of drug-likeness (QED) is 0.820. The zero-order valence-electron chi connectivity index (χ0n) is 9.55. The van der Waals surface area contributed by atoms with Crippen molar-refractivity contribution in [1.82, 2.24) is 4.98 Å². The molecule has 0 unspecified atom stereocenters. The molecule has 0 aliphatic carbocycles. The number of hydrogen-bond acceptors (Lipinski definition) is 3. The third-order valence-corrected chi connectivity index (χ3v) is 2.55. The van der Waals surface area contributed by atoms with E-state index in [1.165, 1.54) is 0 Å². The number of benzene rings is 1. The van der Waals surface area contributed by atoms with Gasteiger partial charge in [-0.05, 0) is 24.3 Å². The fourth-order valence-electron chi connectivity index (χ4n) is 1.60. The molecule has 0 radical (unpaired) electrons. The third kappa shape index (κ3) is 2.50. The monoisotopic (exact) mass is 227 g/mol. The van der Waals surface area contributed by atoms with Crippen LogP contribution in [0.15, 0.2) is 42.6 Å². The van der Waals surface area contributed by atoms with Crippen LogP contribution in [0.3, 0.4) is 0 Å². The van der Waals surface area contributed by atoms with Crippen LogP contribution in [0.4, 0.5) is 0 Å². The predicted octanol–water partition coefficient (Wildman–Crippen LogP) is 3.05. The number of phenolic OH excluding ortho intramolecular Hbond substituents is 1. The van der Waals surface area contributed by atoms with E-state index in [1.807, 2.05) is 13.0 Å². The normalized spacial score (nSPS) is 10.2. The van der Waals surface area contributed by atoms with Crippen LogP contribution in [0.25, 0.3) is 11.3 Å². The van der Waals surface area contributed by atoms with Gasteiger partial charge in [-0.25, -0.2) is 0 Å². The fourth-order valence-corrected chi connectivity index (χ4v) is 1.60. The minimum Gasteiger partial charge on any atom is -0.508 e. The molecule has 0 saturated heterocycles. The highest BCUT2D eigenvalue weighted by Gasteiger charge is 2.05. The minimum absolute atomic E-state index is 0.0833. The van der Waals surface area contributed by atoms with Crippen molar-refractivity contribution in [1.29, 1.82) is 0 Å². The topological polar surface area (TPSA) is 50.2 Å². The van der Waals surface area contributed by atoms with E-state index in [0.717, 1.165) is 11.3 Å². The van der Waals surface area contributed by atoms with Gasteiger partial charge in [-0.15, -0.1) is 0 Å². The van der Waals surface area contributed by atoms with Crippen molar-refractivity contribution in [3.63, 3.8) is 0 Å². The molecule has 1 aromatic carbocycles. The number of aromatic nitrogens is 1. The second kappa shape index (κ2) is 4.78. The highest BCUT2D eigenvalue weighted by molar-refractivity contribution is 5.95. The maximum absolute atomic E-state index is 11.4. The van der Waals surface area contributed by atoms with Crippen LogP contribution in [0.2, 0.25) is 0 Å². The first-order valence-electron chi connectivity index (χ1n) is 5.49. The Balaban J connectivity index is 2.32. The Labute approximate surface area is 99.8 Å². The number of ketones is 1. The van der Waals surface area contributed by atoms with E-state index in [9.17, 15) is 9.90 Å².